The van der Waals surface area contributed by atoms with E-state index in [1.54, 1.807) is 6.20 Å². The fourth-order valence-electron chi connectivity index (χ4n) is 1.74. The Labute approximate surface area is 93.9 Å². The van der Waals surface area contributed by atoms with Gasteiger partial charge in [-0.05, 0) is 18.1 Å². The number of nitrogens with two attached hydrogens (primary N) is 1. The molecule has 0 aliphatic rings. The first-order valence-electron chi connectivity index (χ1n) is 5.00. The van der Waals surface area contributed by atoms with Crippen LogP contribution in [-0.4, -0.2) is 10.9 Å². The minimum absolute atomic E-state index is 0.449. The predicted molar refractivity (Wildman–Crippen MR) is 62.9 cm³/mol. The van der Waals surface area contributed by atoms with E-state index in [9.17, 15) is 4.79 Å². The Morgan fingerprint density at radius 2 is 1.88 bits per heavy atom. The average Bonchev–Trinajstić information content (AvgIpc) is 2.29. The number of hydrogen-bond acceptors (Lipinski definition) is 2. The van der Waals surface area contributed by atoms with Crippen molar-refractivity contribution >= 4 is 5.91 Å². The van der Waals surface area contributed by atoms with Crippen molar-refractivity contribution in [3.63, 3.8) is 0 Å². The number of aromatic nitrogens is 1. The molecule has 1 aromatic carbocycles. The van der Waals surface area contributed by atoms with Crippen molar-refractivity contribution in [2.45, 2.75) is 6.92 Å². The minimum Gasteiger partial charge on any atom is -0.366 e. The Balaban J connectivity index is 2.68. The van der Waals surface area contributed by atoms with Crippen LogP contribution in [0.3, 0.4) is 0 Å². The van der Waals surface area contributed by atoms with E-state index in [-0.39, 0.29) is 0 Å². The lowest BCUT2D eigenvalue weighted by Crippen LogP contribution is -2.13. The summed E-state index contributed by atoms with van der Waals surface area (Å²) in [4.78, 5) is 15.3. The minimum atomic E-state index is -0.449. The molecule has 2 rings (SSSR count). The van der Waals surface area contributed by atoms with Gasteiger partial charge >= 0.3 is 0 Å². The number of amides is 1. The van der Waals surface area contributed by atoms with E-state index >= 15 is 0 Å². The molecule has 0 aliphatic carbocycles. The first-order chi connectivity index (χ1) is 7.70. The lowest BCUT2D eigenvalue weighted by atomic mass is 9.97. The maximum Gasteiger partial charge on any atom is 0.250 e. The Morgan fingerprint density at radius 1 is 1.19 bits per heavy atom. The standard InChI is InChI=1S/C13H12N2O/c1-9-7-15-8-11(13(14)16)12(9)10-5-3-2-4-6-10/h2-8H,1H3,(H2,14,16). The molecule has 1 amide bonds. The Hall–Kier alpha value is -2.16. The third-order valence-corrected chi connectivity index (χ3v) is 2.46. The summed E-state index contributed by atoms with van der Waals surface area (Å²) < 4.78 is 0. The second-order valence-electron chi connectivity index (χ2n) is 3.61. The third kappa shape index (κ3) is 1.80. The first kappa shape index (κ1) is 10.4. The van der Waals surface area contributed by atoms with Gasteiger partial charge in [-0.3, -0.25) is 9.78 Å². The number of carbonyl (C=O) groups excluding carboxylic acids is 1. The van der Waals surface area contributed by atoms with Gasteiger partial charge in [0, 0.05) is 18.0 Å². The molecule has 0 bridgehead atoms. The number of benzene rings is 1. The van der Waals surface area contributed by atoms with Gasteiger partial charge in [-0.25, -0.2) is 0 Å². The molecule has 0 fully saturated rings. The number of primary amides is 1. The molecule has 80 valence electrons. The second-order valence-corrected chi connectivity index (χ2v) is 3.61. The van der Waals surface area contributed by atoms with Crippen molar-refractivity contribution in [2.75, 3.05) is 0 Å². The molecule has 2 aromatic rings. The molecule has 1 aromatic heterocycles. The largest absolute Gasteiger partial charge is 0.366 e. The highest BCUT2D eigenvalue weighted by molar-refractivity contribution is 6.00. The smallest absolute Gasteiger partial charge is 0.250 e. The summed E-state index contributed by atoms with van der Waals surface area (Å²) in [6.45, 7) is 1.92. The summed E-state index contributed by atoms with van der Waals surface area (Å²) >= 11 is 0. The molecule has 16 heavy (non-hydrogen) atoms. The first-order valence-corrected chi connectivity index (χ1v) is 5.00. The lowest BCUT2D eigenvalue weighted by Gasteiger charge is -2.09. The van der Waals surface area contributed by atoms with E-state index in [0.29, 0.717) is 5.56 Å². The van der Waals surface area contributed by atoms with E-state index in [0.717, 1.165) is 16.7 Å². The van der Waals surface area contributed by atoms with Crippen LogP contribution in [0.25, 0.3) is 11.1 Å². The van der Waals surface area contributed by atoms with Crippen LogP contribution in [0.15, 0.2) is 42.7 Å². The van der Waals surface area contributed by atoms with Crippen molar-refractivity contribution in [2.24, 2.45) is 5.73 Å². The van der Waals surface area contributed by atoms with E-state index in [4.69, 9.17) is 5.73 Å². The summed E-state index contributed by atoms with van der Waals surface area (Å²) in [7, 11) is 0. The molecule has 0 saturated heterocycles. The zero-order chi connectivity index (χ0) is 11.5. The van der Waals surface area contributed by atoms with Gasteiger partial charge in [0.2, 0.25) is 0 Å². The molecule has 3 nitrogen and oxygen atoms in total. The SMILES string of the molecule is Cc1cncc(C(N)=O)c1-c1ccccc1. The fourth-order valence-corrected chi connectivity index (χ4v) is 1.74. The number of pyridine rings is 1. The molecule has 3 heteroatoms. The van der Waals surface area contributed by atoms with Crippen molar-refractivity contribution in [1.82, 2.24) is 4.98 Å². The normalized spacial score (nSPS) is 10.1. The molecule has 2 N–H and O–H groups in total. The highest BCUT2D eigenvalue weighted by Gasteiger charge is 2.12. The Bertz CT molecular complexity index is 521. The van der Waals surface area contributed by atoms with Crippen LogP contribution >= 0.6 is 0 Å². The zero-order valence-corrected chi connectivity index (χ0v) is 8.97. The number of aryl methyl sites for hydroxylation is 1. The molecule has 0 radical (unpaired) electrons. The van der Waals surface area contributed by atoms with Crippen molar-refractivity contribution in [3.8, 4) is 11.1 Å². The summed E-state index contributed by atoms with van der Waals surface area (Å²) in [5.41, 5.74) is 8.60. The Kier molecular flexibility index (Phi) is 2.68. The van der Waals surface area contributed by atoms with E-state index < -0.39 is 5.91 Å². The van der Waals surface area contributed by atoms with Gasteiger partial charge in [-0.15, -0.1) is 0 Å². The molecule has 0 aliphatic heterocycles. The number of nitrogens with zero attached hydrogens (tertiary/aromatic N) is 1. The summed E-state index contributed by atoms with van der Waals surface area (Å²) in [6, 6.07) is 9.70. The number of carbonyl (C=O) groups is 1. The van der Waals surface area contributed by atoms with Crippen LogP contribution < -0.4 is 5.73 Å². The van der Waals surface area contributed by atoms with E-state index in [1.807, 2.05) is 37.3 Å². The average molecular weight is 212 g/mol. The molecular formula is C13H12N2O. The van der Waals surface area contributed by atoms with Crippen LogP contribution in [0.5, 0.6) is 0 Å². The topological polar surface area (TPSA) is 56.0 Å². The van der Waals surface area contributed by atoms with Gasteiger partial charge in [0.25, 0.3) is 5.91 Å². The quantitative estimate of drug-likeness (QED) is 0.829. The summed E-state index contributed by atoms with van der Waals surface area (Å²) in [5, 5.41) is 0. The second kappa shape index (κ2) is 4.14. The molecule has 1 heterocycles. The van der Waals surface area contributed by atoms with Crippen LogP contribution in [-0.2, 0) is 0 Å². The molecule has 0 spiro atoms. The monoisotopic (exact) mass is 212 g/mol. The molecule has 0 saturated carbocycles. The maximum atomic E-state index is 11.3. The van der Waals surface area contributed by atoms with Crippen LogP contribution in [0, 0.1) is 6.92 Å². The number of rotatable bonds is 2. The predicted octanol–water partition coefficient (Wildman–Crippen LogP) is 2.16. The van der Waals surface area contributed by atoms with Crippen molar-refractivity contribution in [3.05, 3.63) is 53.9 Å². The van der Waals surface area contributed by atoms with E-state index in [2.05, 4.69) is 4.98 Å². The van der Waals surface area contributed by atoms with Crippen molar-refractivity contribution in [1.29, 1.82) is 0 Å². The van der Waals surface area contributed by atoms with Crippen molar-refractivity contribution < 1.29 is 4.79 Å². The highest BCUT2D eigenvalue weighted by atomic mass is 16.1. The maximum absolute atomic E-state index is 11.3. The van der Waals surface area contributed by atoms with Gasteiger partial charge in [-0.2, -0.15) is 0 Å². The van der Waals surface area contributed by atoms with E-state index in [1.165, 1.54) is 6.20 Å². The van der Waals surface area contributed by atoms with Crippen LogP contribution in [0.2, 0.25) is 0 Å². The van der Waals surface area contributed by atoms with Crippen LogP contribution in [0.1, 0.15) is 15.9 Å². The fraction of sp³-hybridized carbons (Fsp3) is 0.0769. The molecule has 0 atom stereocenters. The molecular weight excluding hydrogens is 200 g/mol. The third-order valence-electron chi connectivity index (χ3n) is 2.46. The highest BCUT2D eigenvalue weighted by Crippen LogP contribution is 2.25. The van der Waals surface area contributed by atoms with Gasteiger partial charge in [0.05, 0.1) is 5.56 Å². The van der Waals surface area contributed by atoms with Gasteiger partial charge < -0.3 is 5.73 Å². The van der Waals surface area contributed by atoms with Gasteiger partial charge in [0.15, 0.2) is 0 Å². The molecule has 0 unspecified atom stereocenters. The summed E-state index contributed by atoms with van der Waals surface area (Å²) in [5.74, 6) is -0.449. The Morgan fingerprint density at radius 3 is 2.50 bits per heavy atom. The van der Waals surface area contributed by atoms with Crippen LogP contribution in [0.4, 0.5) is 0 Å². The summed E-state index contributed by atoms with van der Waals surface area (Å²) in [6.07, 6.45) is 3.24. The zero-order valence-electron chi connectivity index (χ0n) is 8.97. The number of hydrogen-bond donors (Lipinski definition) is 1. The van der Waals surface area contributed by atoms with Gasteiger partial charge in [0.1, 0.15) is 0 Å². The van der Waals surface area contributed by atoms with Gasteiger partial charge in [-0.1, -0.05) is 30.3 Å². The lowest BCUT2D eigenvalue weighted by molar-refractivity contribution is 0.100.